The fourth-order valence-corrected chi connectivity index (χ4v) is 8.97. The Morgan fingerprint density at radius 1 is 1.14 bits per heavy atom. The molecule has 6 atom stereocenters. The van der Waals surface area contributed by atoms with Gasteiger partial charge < -0.3 is 5.41 Å². The van der Waals surface area contributed by atoms with Crippen molar-refractivity contribution in [2.24, 2.45) is 39.9 Å². The normalized spacial score (nSPS) is 35.2. The van der Waals surface area contributed by atoms with Crippen LogP contribution < -0.4 is 0 Å². The fourth-order valence-electron chi connectivity index (χ4n) is 8.97. The molecule has 2 aliphatic rings. The smallest absolute Gasteiger partial charge is 0.0389 e. The van der Waals surface area contributed by atoms with E-state index in [2.05, 4.69) is 75.0 Å². The van der Waals surface area contributed by atoms with Gasteiger partial charge in [-0.05, 0) is 105 Å². The van der Waals surface area contributed by atoms with Gasteiger partial charge in [-0.2, -0.15) is 0 Å². The second-order valence-electron chi connectivity index (χ2n) is 13.3. The van der Waals surface area contributed by atoms with E-state index < -0.39 is 0 Å². The minimum absolute atomic E-state index is 0.0193. The predicted molar refractivity (Wildman–Crippen MR) is 162 cm³/mol. The predicted octanol–water partition coefficient (Wildman–Crippen LogP) is 10.9. The molecule has 0 aliphatic heterocycles. The minimum atomic E-state index is 0.0193. The van der Waals surface area contributed by atoms with Crippen molar-refractivity contribution in [3.05, 3.63) is 59.8 Å². The third kappa shape index (κ3) is 5.32. The van der Waals surface area contributed by atoms with Gasteiger partial charge in [-0.25, -0.2) is 0 Å². The molecule has 0 spiro atoms. The summed E-state index contributed by atoms with van der Waals surface area (Å²) in [5.41, 5.74) is 6.44. The summed E-state index contributed by atoms with van der Waals surface area (Å²) in [4.78, 5) is 0. The zero-order valence-corrected chi connectivity index (χ0v) is 25.5. The topological polar surface area (TPSA) is 23.9 Å². The van der Waals surface area contributed by atoms with Crippen LogP contribution in [0.5, 0.6) is 0 Å². The number of allylic oxidation sites excluding steroid dienone is 8. The van der Waals surface area contributed by atoms with Gasteiger partial charge in [0.1, 0.15) is 0 Å². The Kier molecular flexibility index (Phi) is 10.1. The molecular weight excluding hydrogens is 434 g/mol. The van der Waals surface area contributed by atoms with Gasteiger partial charge >= 0.3 is 0 Å². The zero-order chi connectivity index (χ0) is 27.5. The first-order valence-electron chi connectivity index (χ1n) is 14.6. The maximum absolute atomic E-state index is 9.37. The first kappa shape index (κ1) is 30.6. The van der Waals surface area contributed by atoms with Gasteiger partial charge in [0, 0.05) is 5.71 Å². The van der Waals surface area contributed by atoms with E-state index in [1.165, 1.54) is 36.8 Å². The lowest BCUT2D eigenvalue weighted by Gasteiger charge is -2.64. The van der Waals surface area contributed by atoms with Crippen LogP contribution in [0.15, 0.2) is 59.8 Å². The van der Waals surface area contributed by atoms with Gasteiger partial charge in [0.05, 0.1) is 0 Å². The number of fused-ring (bicyclic) bond motifs is 1. The van der Waals surface area contributed by atoms with E-state index >= 15 is 0 Å². The summed E-state index contributed by atoms with van der Waals surface area (Å²) in [5.74, 6) is 2.24. The van der Waals surface area contributed by atoms with Crippen LogP contribution in [0.3, 0.4) is 0 Å². The highest BCUT2D eigenvalue weighted by atomic mass is 14.7. The highest BCUT2D eigenvalue weighted by Gasteiger charge is 2.61. The lowest BCUT2D eigenvalue weighted by atomic mass is 9.40. The molecule has 0 radical (unpaired) electrons. The second kappa shape index (κ2) is 11.8. The Labute approximate surface area is 224 Å². The van der Waals surface area contributed by atoms with E-state index in [1.807, 2.05) is 25.2 Å². The van der Waals surface area contributed by atoms with Crippen molar-refractivity contribution in [2.75, 3.05) is 0 Å². The SMILES string of the molecule is C=C/C(=C\C=C/C)C(=N)CC1C2(CCC)CC(C)CC(C)C2C(=C)CC(=C(C)C)C(C)(C)C1(C)CC. The third-order valence-electron chi connectivity index (χ3n) is 10.7. The van der Waals surface area contributed by atoms with Crippen molar-refractivity contribution in [3.8, 4) is 0 Å². The quantitative estimate of drug-likeness (QED) is 0.198. The van der Waals surface area contributed by atoms with E-state index in [9.17, 15) is 5.41 Å². The van der Waals surface area contributed by atoms with Gasteiger partial charge in [0.15, 0.2) is 0 Å². The lowest BCUT2D eigenvalue weighted by molar-refractivity contribution is -0.112. The minimum Gasteiger partial charge on any atom is -0.305 e. The van der Waals surface area contributed by atoms with Gasteiger partial charge in [0.2, 0.25) is 0 Å². The molecule has 0 aromatic carbocycles. The Hall–Kier alpha value is -1.63. The number of hydrogen-bond donors (Lipinski definition) is 1. The van der Waals surface area contributed by atoms with E-state index in [0.717, 1.165) is 30.5 Å². The summed E-state index contributed by atoms with van der Waals surface area (Å²) in [7, 11) is 0. The Morgan fingerprint density at radius 2 is 1.78 bits per heavy atom. The van der Waals surface area contributed by atoms with Crippen molar-refractivity contribution in [3.63, 3.8) is 0 Å². The van der Waals surface area contributed by atoms with E-state index in [1.54, 1.807) is 5.57 Å². The molecule has 2 saturated carbocycles. The number of rotatable bonds is 8. The maximum Gasteiger partial charge on any atom is 0.0389 e. The van der Waals surface area contributed by atoms with Gasteiger partial charge in [-0.15, -0.1) is 0 Å². The molecule has 1 heteroatoms. The van der Waals surface area contributed by atoms with Crippen LogP contribution in [-0.4, -0.2) is 5.71 Å². The highest BCUT2D eigenvalue weighted by molar-refractivity contribution is 6.00. The molecule has 1 nitrogen and oxygen atoms in total. The van der Waals surface area contributed by atoms with Gasteiger partial charge in [-0.3, -0.25) is 0 Å². The number of nitrogens with one attached hydrogen (secondary N) is 1. The molecular formula is C35H57N. The van der Waals surface area contributed by atoms with E-state index in [4.69, 9.17) is 6.58 Å². The molecule has 0 aromatic heterocycles. The third-order valence-corrected chi connectivity index (χ3v) is 10.7. The molecule has 0 bridgehead atoms. The Bertz CT molecular complexity index is 920. The van der Waals surface area contributed by atoms with Crippen molar-refractivity contribution in [1.82, 2.24) is 0 Å². The summed E-state index contributed by atoms with van der Waals surface area (Å²) < 4.78 is 0. The molecule has 2 rings (SSSR count). The average molecular weight is 492 g/mol. The summed E-state index contributed by atoms with van der Waals surface area (Å²) in [6.45, 7) is 32.9. The van der Waals surface area contributed by atoms with Crippen molar-refractivity contribution in [1.29, 1.82) is 5.41 Å². The molecule has 2 aliphatic carbocycles. The molecule has 0 aromatic rings. The van der Waals surface area contributed by atoms with Crippen LogP contribution in [0.1, 0.15) is 114 Å². The molecule has 1 N–H and O–H groups in total. The van der Waals surface area contributed by atoms with Crippen molar-refractivity contribution >= 4 is 5.71 Å². The van der Waals surface area contributed by atoms with Gasteiger partial charge in [0.25, 0.3) is 0 Å². The largest absolute Gasteiger partial charge is 0.305 e. The highest BCUT2D eigenvalue weighted by Crippen LogP contribution is 2.68. The van der Waals surface area contributed by atoms with Crippen molar-refractivity contribution in [2.45, 2.75) is 114 Å². The molecule has 0 saturated heterocycles. The first-order valence-corrected chi connectivity index (χ1v) is 14.6. The molecule has 2 fully saturated rings. The van der Waals surface area contributed by atoms with Crippen LogP contribution in [0.4, 0.5) is 0 Å². The fraction of sp³-hybridized carbons (Fsp3) is 0.686. The van der Waals surface area contributed by atoms with Gasteiger partial charge in [-0.1, -0.05) is 109 Å². The second-order valence-corrected chi connectivity index (χ2v) is 13.3. The lowest BCUT2D eigenvalue weighted by Crippen LogP contribution is -2.57. The Balaban J connectivity index is 2.94. The summed E-state index contributed by atoms with van der Waals surface area (Å²) in [5, 5.41) is 9.37. The first-order chi connectivity index (χ1) is 16.8. The van der Waals surface area contributed by atoms with Crippen LogP contribution >= 0.6 is 0 Å². The average Bonchev–Trinajstić information content (AvgIpc) is 2.79. The van der Waals surface area contributed by atoms with Crippen LogP contribution in [0, 0.1) is 45.3 Å². The monoisotopic (exact) mass is 491 g/mol. The molecule has 36 heavy (non-hydrogen) atoms. The number of hydrogen-bond acceptors (Lipinski definition) is 1. The summed E-state index contributed by atoms with van der Waals surface area (Å²) in [6, 6.07) is 0. The summed E-state index contributed by atoms with van der Waals surface area (Å²) >= 11 is 0. The molecule has 202 valence electrons. The summed E-state index contributed by atoms with van der Waals surface area (Å²) in [6.07, 6.45) is 15.9. The zero-order valence-electron chi connectivity index (χ0n) is 25.5. The maximum atomic E-state index is 9.37. The van der Waals surface area contributed by atoms with Crippen LogP contribution in [-0.2, 0) is 0 Å². The van der Waals surface area contributed by atoms with E-state index in [0.29, 0.717) is 23.7 Å². The van der Waals surface area contributed by atoms with Crippen LogP contribution in [0.25, 0.3) is 0 Å². The van der Waals surface area contributed by atoms with Crippen molar-refractivity contribution < 1.29 is 0 Å². The standard InChI is InChI=1S/C35H57N/c1-13-17-18-28(15-3)30(36)22-31-34(12,16-4)33(10,11)29(24(5)6)21-27(9)32-26(8)20-25(7)23-35(31,32)19-14-2/h13,15,17-18,25-26,31-32,36H,3,9,14,16,19-23H2,1-2,4-8,10-12H3/b17-13-,28-18+,36-30?. The molecule has 0 heterocycles. The molecule has 0 amide bonds. The Morgan fingerprint density at radius 3 is 2.28 bits per heavy atom. The van der Waals surface area contributed by atoms with Crippen LogP contribution in [0.2, 0.25) is 0 Å². The van der Waals surface area contributed by atoms with E-state index in [-0.39, 0.29) is 16.2 Å². The molecule has 6 unspecified atom stereocenters.